The highest BCUT2D eigenvalue weighted by molar-refractivity contribution is 6.31. The van der Waals surface area contributed by atoms with Crippen LogP contribution in [-0.4, -0.2) is 29.4 Å². The second-order valence-corrected chi connectivity index (χ2v) is 8.88. The second kappa shape index (κ2) is 10.3. The molecule has 6 nitrogen and oxygen atoms in total. The third kappa shape index (κ3) is 4.60. The van der Waals surface area contributed by atoms with E-state index >= 15 is 0 Å². The van der Waals surface area contributed by atoms with Gasteiger partial charge in [-0.25, -0.2) is 4.79 Å². The number of benzene rings is 3. The van der Waals surface area contributed by atoms with E-state index in [4.69, 9.17) is 20.9 Å². The van der Waals surface area contributed by atoms with E-state index in [-0.39, 0.29) is 17.7 Å². The molecule has 0 radical (unpaired) electrons. The minimum absolute atomic E-state index is 0.000582. The lowest BCUT2D eigenvalue weighted by atomic mass is 9.98. The van der Waals surface area contributed by atoms with Crippen molar-refractivity contribution in [2.75, 3.05) is 13.7 Å². The highest BCUT2D eigenvalue weighted by atomic mass is 35.5. The maximum Gasteiger partial charge on any atom is 0.377 e. The first-order chi connectivity index (χ1) is 17.6. The van der Waals surface area contributed by atoms with Crippen molar-refractivity contribution in [2.24, 2.45) is 0 Å². The van der Waals surface area contributed by atoms with Crippen LogP contribution in [0.1, 0.15) is 39.0 Å². The number of rotatable bonds is 8. The molecule has 3 aromatic carbocycles. The fourth-order valence-electron chi connectivity index (χ4n) is 4.67. The number of carbonyl (C=O) groups is 1. The standard InChI is InChI=1S/C29H25ClN2O4/c1-19-23(15-16-35-27-18-26(36-31-27)29(33)34-2)24-17-22(30)13-14-25(24)32(19)28(20-9-5-3-6-10-20)21-11-7-4-8-12-21/h3-14,17-18,28H,15-16H2,1-2H3. The summed E-state index contributed by atoms with van der Waals surface area (Å²) >= 11 is 6.44. The van der Waals surface area contributed by atoms with Crippen LogP contribution in [0.2, 0.25) is 5.02 Å². The molecule has 2 heterocycles. The largest absolute Gasteiger partial charge is 0.475 e. The van der Waals surface area contributed by atoms with Gasteiger partial charge in [-0.1, -0.05) is 72.3 Å². The molecule has 0 atom stereocenters. The highest BCUT2D eigenvalue weighted by Crippen LogP contribution is 2.37. The topological polar surface area (TPSA) is 66.5 Å². The molecule has 36 heavy (non-hydrogen) atoms. The molecule has 0 bridgehead atoms. The SMILES string of the molecule is COC(=O)c1cc(OCCc2c(C)n(C(c3ccccc3)c3ccccc3)c3ccc(Cl)cc23)no1. The van der Waals surface area contributed by atoms with Crippen molar-refractivity contribution >= 4 is 28.5 Å². The number of hydrogen-bond acceptors (Lipinski definition) is 5. The van der Waals surface area contributed by atoms with Crippen LogP contribution < -0.4 is 4.74 Å². The number of hydrogen-bond donors (Lipinski definition) is 0. The van der Waals surface area contributed by atoms with Crippen LogP contribution in [-0.2, 0) is 11.2 Å². The molecular formula is C29H25ClN2O4. The third-order valence-corrected chi connectivity index (χ3v) is 6.54. The Morgan fingerprint density at radius 3 is 2.31 bits per heavy atom. The Kier molecular flexibility index (Phi) is 6.78. The van der Waals surface area contributed by atoms with Gasteiger partial charge in [0.2, 0.25) is 5.76 Å². The average molecular weight is 501 g/mol. The fraction of sp³-hybridized carbons (Fsp3) is 0.172. The summed E-state index contributed by atoms with van der Waals surface area (Å²) in [5.41, 5.74) is 5.75. The molecule has 7 heteroatoms. The molecule has 182 valence electrons. The van der Waals surface area contributed by atoms with Crippen LogP contribution in [0, 0.1) is 6.92 Å². The van der Waals surface area contributed by atoms with E-state index in [1.807, 2.05) is 24.3 Å². The zero-order valence-corrected chi connectivity index (χ0v) is 20.7. The predicted molar refractivity (Wildman–Crippen MR) is 139 cm³/mol. The summed E-state index contributed by atoms with van der Waals surface area (Å²) in [5.74, 6) is -0.360. The maximum atomic E-state index is 11.6. The molecule has 0 aliphatic rings. The van der Waals surface area contributed by atoms with Crippen molar-refractivity contribution in [1.82, 2.24) is 9.72 Å². The summed E-state index contributed by atoms with van der Waals surface area (Å²) in [6, 6.07) is 28.4. The molecule has 5 aromatic rings. The molecule has 5 rings (SSSR count). The monoisotopic (exact) mass is 500 g/mol. The Morgan fingerprint density at radius 2 is 1.67 bits per heavy atom. The summed E-state index contributed by atoms with van der Waals surface area (Å²) in [4.78, 5) is 11.6. The van der Waals surface area contributed by atoms with E-state index in [1.165, 1.54) is 24.3 Å². The normalized spacial score (nSPS) is 11.2. The van der Waals surface area contributed by atoms with Crippen molar-refractivity contribution < 1.29 is 18.8 Å². The Balaban J connectivity index is 1.54. The van der Waals surface area contributed by atoms with Crippen molar-refractivity contribution in [3.63, 3.8) is 0 Å². The zero-order valence-electron chi connectivity index (χ0n) is 20.0. The molecule has 0 aliphatic carbocycles. The van der Waals surface area contributed by atoms with Gasteiger partial charge < -0.3 is 18.6 Å². The number of aromatic nitrogens is 2. The number of nitrogens with zero attached hydrogens (tertiary/aromatic N) is 2. The lowest BCUT2D eigenvalue weighted by molar-refractivity contribution is 0.0554. The number of esters is 1. The maximum absolute atomic E-state index is 11.6. The minimum atomic E-state index is -0.598. The van der Waals surface area contributed by atoms with Gasteiger partial charge in [-0.05, 0) is 47.0 Å². The van der Waals surface area contributed by atoms with Crippen molar-refractivity contribution in [2.45, 2.75) is 19.4 Å². The molecule has 0 fully saturated rings. The minimum Gasteiger partial charge on any atom is -0.475 e. The lowest BCUT2D eigenvalue weighted by Crippen LogP contribution is -2.14. The second-order valence-electron chi connectivity index (χ2n) is 8.44. The van der Waals surface area contributed by atoms with Gasteiger partial charge in [-0.2, -0.15) is 0 Å². The molecule has 2 aromatic heterocycles. The first kappa shape index (κ1) is 23.7. The van der Waals surface area contributed by atoms with Crippen LogP contribution in [0.3, 0.4) is 0 Å². The summed E-state index contributed by atoms with van der Waals surface area (Å²) in [6.45, 7) is 2.48. The first-order valence-electron chi connectivity index (χ1n) is 11.6. The zero-order chi connectivity index (χ0) is 25.1. The molecule has 0 N–H and O–H groups in total. The van der Waals surface area contributed by atoms with Crippen molar-refractivity contribution in [1.29, 1.82) is 0 Å². The van der Waals surface area contributed by atoms with Crippen molar-refractivity contribution in [3.05, 3.63) is 118 Å². The van der Waals surface area contributed by atoms with Crippen LogP contribution in [0.5, 0.6) is 5.88 Å². The third-order valence-electron chi connectivity index (χ3n) is 6.31. The highest BCUT2D eigenvalue weighted by Gasteiger charge is 2.24. The first-order valence-corrected chi connectivity index (χ1v) is 12.0. The van der Waals surface area contributed by atoms with Gasteiger partial charge in [0.25, 0.3) is 5.88 Å². The Morgan fingerprint density at radius 1 is 1.00 bits per heavy atom. The van der Waals surface area contributed by atoms with Gasteiger partial charge in [0.05, 0.1) is 25.8 Å². The molecule has 0 amide bonds. The number of methoxy groups -OCH3 is 1. The van der Waals surface area contributed by atoms with E-state index in [1.54, 1.807) is 0 Å². The van der Waals surface area contributed by atoms with Gasteiger partial charge in [-0.3, -0.25) is 0 Å². The summed E-state index contributed by atoms with van der Waals surface area (Å²) in [5, 5.41) is 5.56. The number of ether oxygens (including phenoxy) is 2. The Labute approximate surface area is 214 Å². The van der Waals surface area contributed by atoms with Crippen LogP contribution in [0.25, 0.3) is 10.9 Å². The molecule has 0 spiro atoms. The molecule has 0 saturated carbocycles. The van der Waals surface area contributed by atoms with Gasteiger partial charge in [0, 0.05) is 28.0 Å². The van der Waals surface area contributed by atoms with E-state index in [0.29, 0.717) is 18.1 Å². The molecular weight excluding hydrogens is 476 g/mol. The summed E-state index contributed by atoms with van der Waals surface area (Å²) < 4.78 is 17.8. The van der Waals surface area contributed by atoms with Crippen LogP contribution >= 0.6 is 11.6 Å². The molecule has 0 unspecified atom stereocenters. The van der Waals surface area contributed by atoms with E-state index in [0.717, 1.165) is 22.2 Å². The summed E-state index contributed by atoms with van der Waals surface area (Å²) in [7, 11) is 1.28. The molecule has 0 aliphatic heterocycles. The Hall–Kier alpha value is -4.03. The number of halogens is 1. The Bertz CT molecular complexity index is 1450. The van der Waals surface area contributed by atoms with E-state index in [9.17, 15) is 4.79 Å². The van der Waals surface area contributed by atoms with Gasteiger partial charge in [0.1, 0.15) is 0 Å². The van der Waals surface area contributed by atoms with Gasteiger partial charge in [-0.15, -0.1) is 0 Å². The lowest BCUT2D eigenvalue weighted by Gasteiger charge is -2.23. The van der Waals surface area contributed by atoms with Gasteiger partial charge in [0.15, 0.2) is 0 Å². The fourth-order valence-corrected chi connectivity index (χ4v) is 4.84. The average Bonchev–Trinajstić information content (AvgIpc) is 3.48. The van der Waals surface area contributed by atoms with E-state index < -0.39 is 5.97 Å². The summed E-state index contributed by atoms with van der Waals surface area (Å²) in [6.07, 6.45) is 0.617. The van der Waals surface area contributed by atoms with Crippen LogP contribution in [0.15, 0.2) is 89.5 Å². The molecule has 0 saturated heterocycles. The smallest absolute Gasteiger partial charge is 0.377 e. The predicted octanol–water partition coefficient (Wildman–Crippen LogP) is 6.64. The quantitative estimate of drug-likeness (QED) is 0.223. The van der Waals surface area contributed by atoms with Gasteiger partial charge >= 0.3 is 5.97 Å². The van der Waals surface area contributed by atoms with E-state index in [2.05, 4.69) is 76.0 Å². The number of fused-ring (bicyclic) bond motifs is 1. The van der Waals surface area contributed by atoms with Crippen LogP contribution in [0.4, 0.5) is 0 Å². The van der Waals surface area contributed by atoms with Crippen molar-refractivity contribution in [3.8, 4) is 5.88 Å². The number of carbonyl (C=O) groups excluding carboxylic acids is 1.